The van der Waals surface area contributed by atoms with Gasteiger partial charge in [-0.2, -0.15) is 0 Å². The van der Waals surface area contributed by atoms with E-state index in [0.717, 1.165) is 5.56 Å². The standard InChI is InChI=1S/C29H34FN3O4/c1-17(2)27(34)28(35)24-16-31(5)25-12-26(37-6)23(11-22(24)25)29(36)33-14-18(3)32(13-19(33)4)15-20-7-9-21(30)10-8-20/h7-12,16-19H,13-15H2,1-6H3/t18-,19+/m1/s1. The summed E-state index contributed by atoms with van der Waals surface area (Å²) >= 11 is 0. The Morgan fingerprint density at radius 1 is 1.03 bits per heavy atom. The van der Waals surface area contributed by atoms with Gasteiger partial charge in [-0.15, -0.1) is 0 Å². The third-order valence-electron chi connectivity index (χ3n) is 7.21. The molecule has 1 aromatic heterocycles. The van der Waals surface area contributed by atoms with Gasteiger partial charge in [-0.3, -0.25) is 19.3 Å². The molecule has 2 aromatic carbocycles. The highest BCUT2D eigenvalue weighted by atomic mass is 19.1. The van der Waals surface area contributed by atoms with E-state index in [1.807, 2.05) is 11.8 Å². The van der Waals surface area contributed by atoms with Crippen LogP contribution in [0.1, 0.15) is 54.0 Å². The van der Waals surface area contributed by atoms with Crippen LogP contribution >= 0.6 is 0 Å². The van der Waals surface area contributed by atoms with Crippen molar-refractivity contribution in [1.29, 1.82) is 0 Å². The zero-order valence-corrected chi connectivity index (χ0v) is 22.2. The molecule has 8 heteroatoms. The van der Waals surface area contributed by atoms with Crippen molar-refractivity contribution in [1.82, 2.24) is 14.4 Å². The molecule has 0 saturated carbocycles. The van der Waals surface area contributed by atoms with E-state index in [4.69, 9.17) is 4.74 Å². The molecular weight excluding hydrogens is 473 g/mol. The molecule has 3 aromatic rings. The highest BCUT2D eigenvalue weighted by molar-refractivity contribution is 6.46. The Kier molecular flexibility index (Phi) is 7.50. The van der Waals surface area contributed by atoms with E-state index in [1.54, 1.807) is 55.9 Å². The molecule has 0 unspecified atom stereocenters. The van der Waals surface area contributed by atoms with Crippen LogP contribution in [0.2, 0.25) is 0 Å². The summed E-state index contributed by atoms with van der Waals surface area (Å²) in [5.41, 5.74) is 2.38. The molecule has 0 spiro atoms. The Balaban J connectivity index is 1.63. The number of rotatable bonds is 7. The highest BCUT2D eigenvalue weighted by Gasteiger charge is 2.34. The number of Topliss-reactive ketones (excluding diaryl/α,β-unsaturated/α-hetero) is 2. The lowest BCUT2D eigenvalue weighted by molar-refractivity contribution is -0.117. The van der Waals surface area contributed by atoms with Crippen molar-refractivity contribution in [3.05, 3.63) is 65.1 Å². The molecule has 7 nitrogen and oxygen atoms in total. The number of piperazine rings is 1. The molecule has 0 N–H and O–H groups in total. The zero-order chi connectivity index (χ0) is 27.0. The molecule has 37 heavy (non-hydrogen) atoms. The minimum absolute atomic E-state index is 0.0797. The predicted octanol–water partition coefficient (Wildman–Crippen LogP) is 4.47. The van der Waals surface area contributed by atoms with Gasteiger partial charge in [0.25, 0.3) is 5.91 Å². The SMILES string of the molecule is COc1cc2c(cc1C(=O)N1C[C@@H](C)N(Cc3ccc(F)cc3)C[C@@H]1C)c(C(=O)C(=O)C(C)C)cn2C. The number of carbonyl (C=O) groups is 3. The minimum atomic E-state index is -0.555. The second kappa shape index (κ2) is 10.5. The lowest BCUT2D eigenvalue weighted by atomic mass is 9.97. The van der Waals surface area contributed by atoms with E-state index in [9.17, 15) is 18.8 Å². The lowest BCUT2D eigenvalue weighted by Gasteiger charge is -2.44. The van der Waals surface area contributed by atoms with Crippen LogP contribution in [0.4, 0.5) is 4.39 Å². The third kappa shape index (κ3) is 5.16. The number of carbonyl (C=O) groups excluding carboxylic acids is 3. The molecule has 1 amide bonds. The first-order chi connectivity index (χ1) is 17.5. The smallest absolute Gasteiger partial charge is 0.257 e. The van der Waals surface area contributed by atoms with Gasteiger partial charge in [-0.1, -0.05) is 26.0 Å². The highest BCUT2D eigenvalue weighted by Crippen LogP contribution is 2.32. The van der Waals surface area contributed by atoms with Gasteiger partial charge in [0.1, 0.15) is 11.6 Å². The Hall–Kier alpha value is -3.52. The number of aryl methyl sites for hydroxylation is 1. The summed E-state index contributed by atoms with van der Waals surface area (Å²) < 4.78 is 20.7. The van der Waals surface area contributed by atoms with E-state index in [2.05, 4.69) is 11.8 Å². The molecule has 1 saturated heterocycles. The first kappa shape index (κ1) is 26.5. The number of halogens is 1. The molecule has 4 rings (SSSR count). The normalized spacial score (nSPS) is 18.4. The van der Waals surface area contributed by atoms with Gasteiger partial charge in [0.05, 0.1) is 23.8 Å². The monoisotopic (exact) mass is 507 g/mol. The maximum Gasteiger partial charge on any atom is 0.257 e. The zero-order valence-electron chi connectivity index (χ0n) is 22.2. The van der Waals surface area contributed by atoms with E-state index in [-0.39, 0.29) is 23.8 Å². The first-order valence-electron chi connectivity index (χ1n) is 12.6. The van der Waals surface area contributed by atoms with Gasteiger partial charge in [0.15, 0.2) is 0 Å². The van der Waals surface area contributed by atoms with Crippen molar-refractivity contribution in [3.8, 4) is 5.75 Å². The fourth-order valence-corrected chi connectivity index (χ4v) is 5.00. The summed E-state index contributed by atoms with van der Waals surface area (Å²) in [7, 11) is 3.31. The summed E-state index contributed by atoms with van der Waals surface area (Å²) in [6.07, 6.45) is 1.64. The number of aromatic nitrogens is 1. The van der Waals surface area contributed by atoms with Gasteiger partial charge < -0.3 is 14.2 Å². The third-order valence-corrected chi connectivity index (χ3v) is 7.21. The van der Waals surface area contributed by atoms with Crippen molar-refractivity contribution >= 4 is 28.4 Å². The average Bonchev–Trinajstić information content (AvgIpc) is 3.20. The molecule has 1 aliphatic rings. The number of benzene rings is 2. The first-order valence-corrected chi connectivity index (χ1v) is 12.6. The molecule has 2 heterocycles. The number of ether oxygens (including phenoxy) is 1. The largest absolute Gasteiger partial charge is 0.496 e. The topological polar surface area (TPSA) is 71.8 Å². The molecule has 0 aliphatic carbocycles. The number of methoxy groups -OCH3 is 1. The van der Waals surface area contributed by atoms with Gasteiger partial charge in [-0.25, -0.2) is 4.39 Å². The molecule has 196 valence electrons. The molecule has 2 atom stereocenters. The Bertz CT molecular complexity index is 1350. The van der Waals surface area contributed by atoms with Crippen molar-refractivity contribution in [3.63, 3.8) is 0 Å². The molecule has 1 aliphatic heterocycles. The van der Waals surface area contributed by atoms with Crippen molar-refractivity contribution in [2.45, 2.75) is 46.3 Å². The predicted molar refractivity (Wildman–Crippen MR) is 140 cm³/mol. The molecule has 1 fully saturated rings. The van der Waals surface area contributed by atoms with E-state index in [1.165, 1.54) is 19.2 Å². The average molecular weight is 508 g/mol. The summed E-state index contributed by atoms with van der Waals surface area (Å²) in [6, 6.07) is 9.92. The van der Waals surface area contributed by atoms with Crippen LogP contribution in [-0.4, -0.2) is 64.1 Å². The van der Waals surface area contributed by atoms with Crippen molar-refractivity contribution in [2.75, 3.05) is 20.2 Å². The van der Waals surface area contributed by atoms with Crippen LogP contribution in [0.5, 0.6) is 5.75 Å². The summed E-state index contributed by atoms with van der Waals surface area (Å²) in [6.45, 7) is 9.31. The van der Waals surface area contributed by atoms with E-state index >= 15 is 0 Å². The van der Waals surface area contributed by atoms with Crippen LogP contribution < -0.4 is 4.74 Å². The van der Waals surface area contributed by atoms with E-state index in [0.29, 0.717) is 47.4 Å². The van der Waals surface area contributed by atoms with Gasteiger partial charge in [0, 0.05) is 62.3 Å². The number of nitrogens with zero attached hydrogens (tertiary/aromatic N) is 3. The summed E-state index contributed by atoms with van der Waals surface area (Å²) in [5, 5.41) is 0.557. The Labute approximate surface area is 216 Å². The van der Waals surface area contributed by atoms with E-state index < -0.39 is 17.5 Å². The van der Waals surface area contributed by atoms with Crippen LogP contribution in [0.15, 0.2) is 42.6 Å². The Morgan fingerprint density at radius 2 is 1.70 bits per heavy atom. The number of hydrogen-bond acceptors (Lipinski definition) is 5. The molecule has 0 bridgehead atoms. The van der Waals surface area contributed by atoms with Crippen LogP contribution in [-0.2, 0) is 18.4 Å². The lowest BCUT2D eigenvalue weighted by Crippen LogP contribution is -2.57. The summed E-state index contributed by atoms with van der Waals surface area (Å²) in [5.74, 6) is -1.46. The second-order valence-electron chi connectivity index (χ2n) is 10.3. The number of hydrogen-bond donors (Lipinski definition) is 0. The maximum atomic E-state index is 13.8. The number of ketones is 2. The number of fused-ring (bicyclic) bond motifs is 1. The van der Waals surface area contributed by atoms with Crippen molar-refractivity contribution in [2.24, 2.45) is 13.0 Å². The molecular formula is C29H34FN3O4. The maximum absolute atomic E-state index is 13.8. The fraction of sp³-hybridized carbons (Fsp3) is 0.414. The van der Waals surface area contributed by atoms with Gasteiger partial charge >= 0.3 is 0 Å². The quantitative estimate of drug-likeness (QED) is 0.349. The van der Waals surface area contributed by atoms with Gasteiger partial charge in [0.2, 0.25) is 11.6 Å². The van der Waals surface area contributed by atoms with Gasteiger partial charge in [-0.05, 0) is 37.6 Å². The Morgan fingerprint density at radius 3 is 2.32 bits per heavy atom. The summed E-state index contributed by atoms with van der Waals surface area (Å²) in [4.78, 5) is 43.4. The van der Waals surface area contributed by atoms with Crippen LogP contribution in [0, 0.1) is 11.7 Å². The number of amides is 1. The minimum Gasteiger partial charge on any atom is -0.496 e. The fourth-order valence-electron chi connectivity index (χ4n) is 5.00. The van der Waals surface area contributed by atoms with Crippen molar-refractivity contribution < 1.29 is 23.5 Å². The van der Waals surface area contributed by atoms with Crippen LogP contribution in [0.3, 0.4) is 0 Å². The van der Waals surface area contributed by atoms with Crippen LogP contribution in [0.25, 0.3) is 10.9 Å². The molecule has 0 radical (unpaired) electrons. The second-order valence-corrected chi connectivity index (χ2v) is 10.3.